The summed E-state index contributed by atoms with van der Waals surface area (Å²) in [6, 6.07) is 11.9. The Morgan fingerprint density at radius 1 is 1.19 bits per heavy atom. The third-order valence-electron chi connectivity index (χ3n) is 5.25. The maximum absolute atomic E-state index is 10.9. The van der Waals surface area contributed by atoms with E-state index < -0.39 is 5.97 Å². The Hall–Kier alpha value is -3.56. The zero-order valence-corrected chi connectivity index (χ0v) is 18.5. The van der Waals surface area contributed by atoms with E-state index in [1.165, 1.54) is 22.3 Å². The Morgan fingerprint density at radius 2 is 2.09 bits per heavy atom. The summed E-state index contributed by atoms with van der Waals surface area (Å²) >= 11 is 0. The molecule has 2 aromatic rings. The number of aryl methyl sites for hydroxylation is 1. The predicted octanol–water partition coefficient (Wildman–Crippen LogP) is 5.51. The van der Waals surface area contributed by atoms with Gasteiger partial charge in [-0.25, -0.2) is 4.98 Å². The molecular weight excluding hydrogens is 400 g/mol. The van der Waals surface area contributed by atoms with Gasteiger partial charge in [0.25, 0.3) is 0 Å². The molecule has 32 heavy (non-hydrogen) atoms. The van der Waals surface area contributed by atoms with Crippen LogP contribution in [0.5, 0.6) is 5.75 Å². The lowest BCUT2D eigenvalue weighted by molar-refractivity contribution is -0.137. The summed E-state index contributed by atoms with van der Waals surface area (Å²) in [7, 11) is 0. The zero-order valence-electron chi connectivity index (χ0n) is 18.5. The van der Waals surface area contributed by atoms with Crippen molar-refractivity contribution in [1.82, 2.24) is 4.98 Å². The topological polar surface area (TPSA) is 71.5 Å². The number of aliphatic carboxylic acids is 1. The quantitative estimate of drug-likeness (QED) is 0.343. The van der Waals surface area contributed by atoms with Gasteiger partial charge in [0, 0.05) is 19.2 Å². The van der Waals surface area contributed by atoms with Crippen molar-refractivity contribution in [2.75, 3.05) is 18.5 Å². The lowest BCUT2D eigenvalue weighted by atomic mass is 9.94. The second kappa shape index (κ2) is 12.3. The Morgan fingerprint density at radius 3 is 2.91 bits per heavy atom. The van der Waals surface area contributed by atoms with Crippen molar-refractivity contribution < 1.29 is 14.6 Å². The molecule has 1 heterocycles. The molecule has 5 heteroatoms. The van der Waals surface area contributed by atoms with E-state index in [2.05, 4.69) is 41.2 Å². The van der Waals surface area contributed by atoms with Gasteiger partial charge >= 0.3 is 5.97 Å². The minimum atomic E-state index is -0.757. The van der Waals surface area contributed by atoms with E-state index in [-0.39, 0.29) is 6.42 Å². The van der Waals surface area contributed by atoms with Gasteiger partial charge < -0.3 is 15.2 Å². The first-order valence-electron chi connectivity index (χ1n) is 11.0. The van der Waals surface area contributed by atoms with Gasteiger partial charge in [0.15, 0.2) is 0 Å². The highest BCUT2D eigenvalue weighted by Crippen LogP contribution is 2.25. The third kappa shape index (κ3) is 7.60. The molecule has 2 N–H and O–H groups in total. The smallest absolute Gasteiger partial charge is 0.303 e. The number of nitrogens with one attached hydrogen (secondary N) is 1. The first-order chi connectivity index (χ1) is 15.6. The highest BCUT2D eigenvalue weighted by atomic mass is 16.5. The average molecular weight is 431 g/mol. The van der Waals surface area contributed by atoms with E-state index in [1.54, 1.807) is 6.20 Å². The van der Waals surface area contributed by atoms with E-state index in [9.17, 15) is 4.79 Å². The maximum Gasteiger partial charge on any atom is 0.303 e. The Balaban J connectivity index is 1.63. The van der Waals surface area contributed by atoms with E-state index in [4.69, 9.17) is 9.84 Å². The maximum atomic E-state index is 10.9. The number of carboxylic acids is 1. The molecule has 0 unspecified atom stereocenters. The van der Waals surface area contributed by atoms with Crippen LogP contribution in [-0.4, -0.2) is 29.2 Å². The van der Waals surface area contributed by atoms with Crippen LogP contribution in [0.4, 0.5) is 5.82 Å². The Kier molecular flexibility index (Phi) is 8.91. The number of pyridine rings is 1. The van der Waals surface area contributed by atoms with E-state index >= 15 is 0 Å². The van der Waals surface area contributed by atoms with Crippen LogP contribution < -0.4 is 10.1 Å². The lowest BCUT2D eigenvalue weighted by Crippen LogP contribution is -2.08. The molecule has 0 fully saturated rings. The van der Waals surface area contributed by atoms with Gasteiger partial charge in [-0.2, -0.15) is 0 Å². The molecule has 0 saturated heterocycles. The van der Waals surface area contributed by atoms with Crippen LogP contribution in [0.2, 0.25) is 0 Å². The number of nitrogens with zero attached hydrogens (tertiary/aromatic N) is 1. The van der Waals surface area contributed by atoms with E-state index in [1.807, 2.05) is 42.5 Å². The van der Waals surface area contributed by atoms with Gasteiger partial charge in [0.1, 0.15) is 11.6 Å². The van der Waals surface area contributed by atoms with Crippen molar-refractivity contribution in [2.24, 2.45) is 0 Å². The lowest BCUT2D eigenvalue weighted by Gasteiger charge is -2.14. The summed E-state index contributed by atoms with van der Waals surface area (Å²) in [5.74, 6) is 0.945. The molecule has 5 nitrogen and oxygen atoms in total. The molecule has 0 radical (unpaired) electrons. The number of ether oxygens (including phenoxy) is 1. The van der Waals surface area contributed by atoms with Gasteiger partial charge in [0.2, 0.25) is 0 Å². The minimum absolute atomic E-state index is 0.176. The summed E-state index contributed by atoms with van der Waals surface area (Å²) < 4.78 is 6.01. The van der Waals surface area contributed by atoms with Gasteiger partial charge in [-0.3, -0.25) is 4.79 Å². The highest BCUT2D eigenvalue weighted by Gasteiger charge is 2.10. The van der Waals surface area contributed by atoms with Crippen molar-refractivity contribution in [3.8, 4) is 5.75 Å². The van der Waals surface area contributed by atoms with Crippen molar-refractivity contribution in [1.29, 1.82) is 0 Å². The molecule has 1 aromatic carbocycles. The largest absolute Gasteiger partial charge is 0.494 e. The van der Waals surface area contributed by atoms with Crippen molar-refractivity contribution in [2.45, 2.75) is 39.0 Å². The summed E-state index contributed by atoms with van der Waals surface area (Å²) in [4.78, 5) is 15.2. The number of rotatable bonds is 12. The molecule has 166 valence electrons. The first-order valence-corrected chi connectivity index (χ1v) is 11.0. The molecule has 1 aliphatic carbocycles. The van der Waals surface area contributed by atoms with Crippen LogP contribution >= 0.6 is 0 Å². The molecule has 0 aliphatic heterocycles. The average Bonchev–Trinajstić information content (AvgIpc) is 2.99. The van der Waals surface area contributed by atoms with E-state index in [0.717, 1.165) is 37.4 Å². The summed E-state index contributed by atoms with van der Waals surface area (Å²) in [6.07, 6.45) is 12.9. The summed E-state index contributed by atoms with van der Waals surface area (Å²) in [5, 5.41) is 12.3. The van der Waals surface area contributed by atoms with Crippen LogP contribution in [0.3, 0.4) is 0 Å². The van der Waals surface area contributed by atoms with Crippen molar-refractivity contribution in [3.63, 3.8) is 0 Å². The molecule has 1 aliphatic rings. The normalized spacial score (nSPS) is 12.7. The molecule has 0 bridgehead atoms. The molecule has 0 atom stereocenters. The number of hydrogen-bond donors (Lipinski definition) is 2. The molecule has 0 spiro atoms. The number of anilines is 1. The van der Waals surface area contributed by atoms with Crippen molar-refractivity contribution >= 4 is 11.8 Å². The zero-order chi connectivity index (χ0) is 22.6. The van der Waals surface area contributed by atoms with Crippen LogP contribution in [-0.2, 0) is 17.6 Å². The highest BCUT2D eigenvalue weighted by molar-refractivity contribution is 5.66. The summed E-state index contributed by atoms with van der Waals surface area (Å²) in [5.41, 5.74) is 7.89. The summed E-state index contributed by atoms with van der Waals surface area (Å²) in [6.45, 7) is 3.48. The number of carboxylic acid groups (broad SMARTS) is 1. The monoisotopic (exact) mass is 430 g/mol. The fourth-order valence-electron chi connectivity index (χ4n) is 3.50. The van der Waals surface area contributed by atoms with Crippen LogP contribution in [0.1, 0.15) is 37.3 Å². The Bertz CT molecular complexity index is 1030. The number of hydrogen-bond acceptors (Lipinski definition) is 4. The predicted molar refractivity (Wildman–Crippen MR) is 128 cm³/mol. The van der Waals surface area contributed by atoms with Crippen molar-refractivity contribution in [3.05, 3.63) is 94.9 Å². The molecule has 1 aromatic heterocycles. The Labute approximate surface area is 189 Å². The fourth-order valence-corrected chi connectivity index (χ4v) is 3.50. The number of aromatic nitrogens is 1. The second-order valence-electron chi connectivity index (χ2n) is 7.74. The fraction of sp³-hybridized carbons (Fsp3) is 0.296. The van der Waals surface area contributed by atoms with E-state index in [0.29, 0.717) is 13.0 Å². The minimum Gasteiger partial charge on any atom is -0.494 e. The molecule has 0 saturated carbocycles. The van der Waals surface area contributed by atoms with Crippen LogP contribution in [0.25, 0.3) is 0 Å². The third-order valence-corrected chi connectivity index (χ3v) is 5.25. The van der Waals surface area contributed by atoms with Crippen LogP contribution in [0.15, 0.2) is 83.8 Å². The number of allylic oxidation sites excluding steroid dienone is 5. The van der Waals surface area contributed by atoms with Gasteiger partial charge in [-0.1, -0.05) is 24.3 Å². The SMILES string of the molecule is CC1=C(Cc2cc(OCCCNc3ccccn3)ccc2CCCC(=O)O)C=CC=C=C1. The first kappa shape index (κ1) is 23.1. The number of benzene rings is 1. The molecule has 0 amide bonds. The van der Waals surface area contributed by atoms with Crippen LogP contribution in [0, 0.1) is 0 Å². The molecule has 3 rings (SSSR count). The molecular formula is C27H30N2O3. The standard InChI is InChI=1S/C27H30N2O3/c1-21-9-3-2-4-10-23(21)19-24-20-25(15-14-22(24)11-7-13-27(30)31)32-18-8-17-29-26-12-5-6-16-28-26/h2,4-6,9-10,12,14-16,20H,7-8,11,13,17-19H2,1H3,(H,28,29)(H,30,31). The van der Waals surface area contributed by atoms with Gasteiger partial charge in [0.05, 0.1) is 6.61 Å². The second-order valence-corrected chi connectivity index (χ2v) is 7.74. The van der Waals surface area contributed by atoms with Gasteiger partial charge in [-0.15, -0.1) is 5.73 Å². The number of carbonyl (C=O) groups is 1. The van der Waals surface area contributed by atoms with Gasteiger partial charge in [-0.05, 0) is 91.3 Å².